The minimum Gasteiger partial charge on any atom is -0.495 e. The predicted molar refractivity (Wildman–Crippen MR) is 105 cm³/mol. The van der Waals surface area contributed by atoms with E-state index in [1.807, 2.05) is 24.3 Å². The first-order chi connectivity index (χ1) is 12.3. The number of aromatic nitrogens is 2. The van der Waals surface area contributed by atoms with Crippen LogP contribution in [0.4, 0.5) is 11.5 Å². The average Bonchev–Trinajstić information content (AvgIpc) is 2.67. The summed E-state index contributed by atoms with van der Waals surface area (Å²) in [5.74, 6) is 1.93. The molecule has 2 heterocycles. The van der Waals surface area contributed by atoms with E-state index in [0.717, 1.165) is 58.8 Å². The molecular formula is C19H19BrN4O. The molecule has 0 N–H and O–H groups in total. The molecule has 25 heavy (non-hydrogen) atoms. The van der Waals surface area contributed by atoms with Crippen LogP contribution >= 0.6 is 15.9 Å². The summed E-state index contributed by atoms with van der Waals surface area (Å²) in [6, 6.07) is 14.3. The average molecular weight is 399 g/mol. The Kier molecular flexibility index (Phi) is 4.44. The first-order valence-electron chi connectivity index (χ1n) is 8.29. The number of anilines is 2. The fourth-order valence-corrected chi connectivity index (χ4v) is 3.68. The summed E-state index contributed by atoms with van der Waals surface area (Å²) in [6.07, 6.45) is 1.65. The highest BCUT2D eigenvalue weighted by molar-refractivity contribution is 9.10. The molecule has 0 saturated carbocycles. The largest absolute Gasteiger partial charge is 0.495 e. The summed E-state index contributed by atoms with van der Waals surface area (Å²) < 4.78 is 6.54. The lowest BCUT2D eigenvalue weighted by Crippen LogP contribution is -2.47. The Balaban J connectivity index is 1.57. The molecule has 0 atom stereocenters. The molecule has 2 aromatic carbocycles. The number of methoxy groups -OCH3 is 1. The van der Waals surface area contributed by atoms with E-state index >= 15 is 0 Å². The van der Waals surface area contributed by atoms with Crippen molar-refractivity contribution < 1.29 is 4.74 Å². The van der Waals surface area contributed by atoms with Crippen LogP contribution in [0.3, 0.4) is 0 Å². The highest BCUT2D eigenvalue weighted by Crippen LogP contribution is 2.31. The number of hydrogen-bond acceptors (Lipinski definition) is 5. The van der Waals surface area contributed by atoms with Crippen molar-refractivity contribution in [1.82, 2.24) is 9.97 Å². The van der Waals surface area contributed by atoms with Crippen molar-refractivity contribution in [2.24, 2.45) is 0 Å². The van der Waals surface area contributed by atoms with Crippen LogP contribution in [0.25, 0.3) is 10.9 Å². The molecule has 1 aromatic heterocycles. The van der Waals surface area contributed by atoms with Crippen LogP contribution in [-0.4, -0.2) is 43.3 Å². The van der Waals surface area contributed by atoms with Gasteiger partial charge in [-0.15, -0.1) is 0 Å². The van der Waals surface area contributed by atoms with E-state index in [1.165, 1.54) is 0 Å². The van der Waals surface area contributed by atoms with E-state index in [9.17, 15) is 0 Å². The van der Waals surface area contributed by atoms with Crippen LogP contribution in [-0.2, 0) is 0 Å². The molecule has 0 radical (unpaired) electrons. The Morgan fingerprint density at radius 1 is 0.960 bits per heavy atom. The molecule has 4 rings (SSSR count). The van der Waals surface area contributed by atoms with Gasteiger partial charge in [0, 0.05) is 36.0 Å². The van der Waals surface area contributed by atoms with Crippen molar-refractivity contribution in [2.75, 3.05) is 43.1 Å². The lowest BCUT2D eigenvalue weighted by atomic mass is 10.2. The number of piperazine rings is 1. The summed E-state index contributed by atoms with van der Waals surface area (Å²) in [4.78, 5) is 13.6. The van der Waals surface area contributed by atoms with Gasteiger partial charge in [0.1, 0.15) is 17.9 Å². The molecule has 1 aliphatic heterocycles. The predicted octanol–water partition coefficient (Wildman–Crippen LogP) is 3.73. The quantitative estimate of drug-likeness (QED) is 0.672. The van der Waals surface area contributed by atoms with E-state index in [0.29, 0.717) is 0 Å². The third kappa shape index (κ3) is 3.14. The molecule has 128 valence electrons. The van der Waals surface area contributed by atoms with Gasteiger partial charge in [-0.2, -0.15) is 0 Å². The van der Waals surface area contributed by atoms with Crippen molar-refractivity contribution in [2.45, 2.75) is 0 Å². The molecule has 0 unspecified atom stereocenters. The zero-order chi connectivity index (χ0) is 17.2. The minimum atomic E-state index is 0.913. The second-order valence-corrected chi connectivity index (χ2v) is 6.92. The lowest BCUT2D eigenvalue weighted by molar-refractivity contribution is 0.413. The number of ether oxygens (including phenoxy) is 1. The SMILES string of the molecule is COc1ccccc1N1CCN(c2ncnc3ccc(Br)cc23)CC1. The monoisotopic (exact) mass is 398 g/mol. The fraction of sp³-hybridized carbons (Fsp3) is 0.263. The van der Waals surface area contributed by atoms with E-state index < -0.39 is 0 Å². The van der Waals surface area contributed by atoms with Crippen molar-refractivity contribution in [3.8, 4) is 5.75 Å². The maximum absolute atomic E-state index is 5.50. The molecule has 0 bridgehead atoms. The maximum atomic E-state index is 5.50. The molecule has 3 aromatic rings. The van der Waals surface area contributed by atoms with Crippen molar-refractivity contribution in [1.29, 1.82) is 0 Å². The molecule has 6 heteroatoms. The third-order valence-corrected chi connectivity index (χ3v) is 5.07. The van der Waals surface area contributed by atoms with Gasteiger partial charge in [0.2, 0.25) is 0 Å². The van der Waals surface area contributed by atoms with Crippen LogP contribution in [0.2, 0.25) is 0 Å². The zero-order valence-corrected chi connectivity index (χ0v) is 15.6. The second kappa shape index (κ2) is 6.88. The smallest absolute Gasteiger partial charge is 0.142 e. The van der Waals surface area contributed by atoms with E-state index in [1.54, 1.807) is 13.4 Å². The van der Waals surface area contributed by atoms with Gasteiger partial charge in [-0.3, -0.25) is 0 Å². The number of para-hydroxylation sites is 2. The van der Waals surface area contributed by atoms with Crippen LogP contribution in [0.5, 0.6) is 5.75 Å². The van der Waals surface area contributed by atoms with Crippen molar-refractivity contribution in [3.63, 3.8) is 0 Å². The van der Waals surface area contributed by atoms with Crippen LogP contribution in [0.1, 0.15) is 0 Å². The Morgan fingerprint density at radius 3 is 2.52 bits per heavy atom. The van der Waals surface area contributed by atoms with E-state index in [2.05, 4.69) is 53.9 Å². The molecule has 0 spiro atoms. The number of hydrogen-bond donors (Lipinski definition) is 0. The summed E-state index contributed by atoms with van der Waals surface area (Å²) >= 11 is 3.55. The van der Waals surface area contributed by atoms with Crippen LogP contribution in [0, 0.1) is 0 Å². The van der Waals surface area contributed by atoms with Gasteiger partial charge < -0.3 is 14.5 Å². The second-order valence-electron chi connectivity index (χ2n) is 6.00. The summed E-state index contributed by atoms with van der Waals surface area (Å²) in [6.45, 7) is 3.69. The van der Waals surface area contributed by atoms with Gasteiger partial charge in [-0.05, 0) is 30.3 Å². The molecule has 5 nitrogen and oxygen atoms in total. The highest BCUT2D eigenvalue weighted by atomic mass is 79.9. The number of rotatable bonds is 3. The van der Waals surface area contributed by atoms with Crippen molar-refractivity contribution in [3.05, 3.63) is 53.3 Å². The number of halogens is 1. The zero-order valence-electron chi connectivity index (χ0n) is 14.0. The standard InChI is InChI=1S/C19H19BrN4O/c1-25-18-5-3-2-4-17(18)23-8-10-24(11-9-23)19-15-12-14(20)6-7-16(15)21-13-22-19/h2-7,12-13H,8-11H2,1H3. The van der Waals surface area contributed by atoms with E-state index in [4.69, 9.17) is 4.74 Å². The maximum Gasteiger partial charge on any atom is 0.142 e. The number of nitrogens with zero attached hydrogens (tertiary/aromatic N) is 4. The van der Waals surface area contributed by atoms with Gasteiger partial charge in [-0.1, -0.05) is 28.1 Å². The highest BCUT2D eigenvalue weighted by Gasteiger charge is 2.21. The Labute approximate surface area is 155 Å². The fourth-order valence-electron chi connectivity index (χ4n) is 3.32. The lowest BCUT2D eigenvalue weighted by Gasteiger charge is -2.37. The Morgan fingerprint density at radius 2 is 1.72 bits per heavy atom. The number of benzene rings is 2. The van der Waals surface area contributed by atoms with Crippen molar-refractivity contribution >= 4 is 38.3 Å². The molecule has 0 aliphatic carbocycles. The molecule has 1 saturated heterocycles. The molecule has 0 amide bonds. The van der Waals surface area contributed by atoms with Crippen LogP contribution < -0.4 is 14.5 Å². The van der Waals surface area contributed by atoms with Gasteiger partial charge in [-0.25, -0.2) is 9.97 Å². The first-order valence-corrected chi connectivity index (χ1v) is 9.09. The van der Waals surface area contributed by atoms with E-state index in [-0.39, 0.29) is 0 Å². The Bertz CT molecular complexity index is 893. The van der Waals surface area contributed by atoms with Gasteiger partial charge >= 0.3 is 0 Å². The molecule has 1 fully saturated rings. The summed E-state index contributed by atoms with van der Waals surface area (Å²) in [7, 11) is 1.72. The first kappa shape index (κ1) is 16.1. The summed E-state index contributed by atoms with van der Waals surface area (Å²) in [5, 5.41) is 1.09. The molecular weight excluding hydrogens is 380 g/mol. The molecule has 1 aliphatic rings. The number of fused-ring (bicyclic) bond motifs is 1. The Hall–Kier alpha value is -2.34. The van der Waals surface area contributed by atoms with Gasteiger partial charge in [0.15, 0.2) is 0 Å². The topological polar surface area (TPSA) is 41.5 Å². The summed E-state index contributed by atoms with van der Waals surface area (Å²) in [5.41, 5.74) is 2.13. The van der Waals surface area contributed by atoms with Gasteiger partial charge in [0.25, 0.3) is 0 Å². The minimum absolute atomic E-state index is 0.913. The van der Waals surface area contributed by atoms with Crippen LogP contribution in [0.15, 0.2) is 53.3 Å². The third-order valence-electron chi connectivity index (χ3n) is 4.58. The normalized spacial score (nSPS) is 14.8. The van der Waals surface area contributed by atoms with Gasteiger partial charge in [0.05, 0.1) is 18.3 Å².